The molecule has 1 amide bonds. The molecular weight excluding hydrogens is 325 g/mol. The number of carbonyl (C=O) groups is 1. The van der Waals surface area contributed by atoms with E-state index in [9.17, 15) is 18.0 Å². The average molecular weight is 338 g/mol. The Morgan fingerprint density at radius 1 is 1.04 bits per heavy atom. The van der Waals surface area contributed by atoms with Crippen molar-refractivity contribution in [2.75, 3.05) is 16.4 Å². The van der Waals surface area contributed by atoms with Gasteiger partial charge in [0.05, 0.1) is 11.3 Å². The van der Waals surface area contributed by atoms with E-state index in [4.69, 9.17) is 5.73 Å². The number of halogens is 3. The normalized spacial score (nSPS) is 18.5. The van der Waals surface area contributed by atoms with Gasteiger partial charge in [-0.3, -0.25) is 9.69 Å². The first-order valence-electron chi connectivity index (χ1n) is 6.82. The van der Waals surface area contributed by atoms with Gasteiger partial charge in [0.15, 0.2) is 0 Å². The standard InChI is InChI=1S/C16H13F3N2OS/c17-16(18,19)11-3-7-13(8-4-11)21-14(22)9-23-15(21)10-1-5-12(20)6-2-10/h1-8,15H,9,20H2/t15-/m1/s1. The summed E-state index contributed by atoms with van der Waals surface area (Å²) in [5.74, 6) is 0.160. The van der Waals surface area contributed by atoms with Crippen LogP contribution in [0.1, 0.15) is 16.5 Å². The molecule has 2 aromatic carbocycles. The third-order valence-corrected chi connectivity index (χ3v) is 4.77. The molecule has 0 aromatic heterocycles. The molecule has 1 fully saturated rings. The van der Waals surface area contributed by atoms with Gasteiger partial charge in [0.1, 0.15) is 5.37 Å². The van der Waals surface area contributed by atoms with Crippen LogP contribution in [0.3, 0.4) is 0 Å². The van der Waals surface area contributed by atoms with Crippen LogP contribution in [0.25, 0.3) is 0 Å². The van der Waals surface area contributed by atoms with Gasteiger partial charge in [-0.1, -0.05) is 12.1 Å². The van der Waals surface area contributed by atoms with Crippen molar-refractivity contribution in [2.45, 2.75) is 11.6 Å². The van der Waals surface area contributed by atoms with E-state index in [-0.39, 0.29) is 17.0 Å². The smallest absolute Gasteiger partial charge is 0.399 e. The highest BCUT2D eigenvalue weighted by molar-refractivity contribution is 8.00. The highest BCUT2D eigenvalue weighted by atomic mass is 32.2. The molecule has 1 aliphatic heterocycles. The van der Waals surface area contributed by atoms with Crippen LogP contribution >= 0.6 is 11.8 Å². The summed E-state index contributed by atoms with van der Waals surface area (Å²) >= 11 is 1.44. The number of thioether (sulfide) groups is 1. The van der Waals surface area contributed by atoms with E-state index in [1.54, 1.807) is 12.1 Å². The highest BCUT2D eigenvalue weighted by Crippen LogP contribution is 2.42. The lowest BCUT2D eigenvalue weighted by Crippen LogP contribution is -2.27. The number of rotatable bonds is 2. The minimum Gasteiger partial charge on any atom is -0.399 e. The summed E-state index contributed by atoms with van der Waals surface area (Å²) in [6.07, 6.45) is -4.39. The quantitative estimate of drug-likeness (QED) is 0.840. The number of anilines is 2. The molecule has 0 saturated carbocycles. The molecule has 3 rings (SSSR count). The fourth-order valence-electron chi connectivity index (χ4n) is 2.42. The van der Waals surface area contributed by atoms with Crippen molar-refractivity contribution in [2.24, 2.45) is 0 Å². The lowest BCUT2D eigenvalue weighted by atomic mass is 10.1. The Kier molecular flexibility index (Phi) is 3.97. The maximum absolute atomic E-state index is 12.7. The van der Waals surface area contributed by atoms with Gasteiger partial charge in [-0.15, -0.1) is 11.8 Å². The molecule has 2 N–H and O–H groups in total. The van der Waals surface area contributed by atoms with E-state index in [1.807, 2.05) is 12.1 Å². The molecule has 2 aromatic rings. The van der Waals surface area contributed by atoms with Crippen molar-refractivity contribution < 1.29 is 18.0 Å². The molecule has 1 saturated heterocycles. The fraction of sp³-hybridized carbons (Fsp3) is 0.188. The number of hydrogen-bond acceptors (Lipinski definition) is 3. The Balaban J connectivity index is 1.92. The fourth-order valence-corrected chi connectivity index (χ4v) is 3.60. The number of carbonyl (C=O) groups excluding carboxylic acids is 1. The Morgan fingerprint density at radius 2 is 1.65 bits per heavy atom. The van der Waals surface area contributed by atoms with E-state index in [0.717, 1.165) is 17.7 Å². The summed E-state index contributed by atoms with van der Waals surface area (Å²) in [7, 11) is 0. The molecule has 7 heteroatoms. The van der Waals surface area contributed by atoms with Crippen LogP contribution in [-0.2, 0) is 11.0 Å². The molecule has 1 heterocycles. The first-order chi connectivity index (χ1) is 10.9. The number of alkyl halides is 3. The lowest BCUT2D eigenvalue weighted by Gasteiger charge is -2.24. The van der Waals surface area contributed by atoms with E-state index in [1.165, 1.54) is 28.8 Å². The predicted molar refractivity (Wildman–Crippen MR) is 85.0 cm³/mol. The van der Waals surface area contributed by atoms with E-state index in [2.05, 4.69) is 0 Å². The average Bonchev–Trinajstić information content (AvgIpc) is 2.89. The third-order valence-electron chi connectivity index (χ3n) is 3.56. The van der Waals surface area contributed by atoms with Gasteiger partial charge in [-0.25, -0.2) is 0 Å². The number of nitrogens with zero attached hydrogens (tertiary/aromatic N) is 1. The zero-order valence-electron chi connectivity index (χ0n) is 11.9. The second-order valence-corrected chi connectivity index (χ2v) is 6.21. The molecular formula is C16H13F3N2OS. The van der Waals surface area contributed by atoms with E-state index >= 15 is 0 Å². The number of amides is 1. The summed E-state index contributed by atoms with van der Waals surface area (Å²) in [4.78, 5) is 13.7. The summed E-state index contributed by atoms with van der Waals surface area (Å²) in [5, 5.41) is -0.264. The van der Waals surface area contributed by atoms with Gasteiger partial charge in [0.25, 0.3) is 0 Å². The molecule has 23 heavy (non-hydrogen) atoms. The predicted octanol–water partition coefficient (Wildman–Crippen LogP) is 4.07. The second-order valence-electron chi connectivity index (χ2n) is 5.14. The zero-order chi connectivity index (χ0) is 16.6. The van der Waals surface area contributed by atoms with Crippen LogP contribution in [0, 0.1) is 0 Å². The number of benzene rings is 2. The SMILES string of the molecule is Nc1ccc([C@H]2SCC(=O)N2c2ccc(C(F)(F)F)cc2)cc1. The van der Waals surface area contributed by atoms with Crippen molar-refractivity contribution in [3.05, 3.63) is 59.7 Å². The number of hydrogen-bond donors (Lipinski definition) is 1. The number of nitrogen functional groups attached to an aromatic ring is 1. The maximum Gasteiger partial charge on any atom is 0.416 e. The molecule has 0 spiro atoms. The summed E-state index contributed by atoms with van der Waals surface area (Å²) in [6, 6.07) is 11.8. The Labute approximate surface area is 135 Å². The van der Waals surface area contributed by atoms with Gasteiger partial charge < -0.3 is 5.73 Å². The Hall–Kier alpha value is -2.15. The number of nitrogens with two attached hydrogens (primary N) is 1. The van der Waals surface area contributed by atoms with Gasteiger partial charge in [0.2, 0.25) is 5.91 Å². The Bertz CT molecular complexity index is 714. The Morgan fingerprint density at radius 3 is 2.22 bits per heavy atom. The molecule has 120 valence electrons. The maximum atomic E-state index is 12.7. The van der Waals surface area contributed by atoms with Crippen molar-refractivity contribution in [3.8, 4) is 0 Å². The minimum absolute atomic E-state index is 0.128. The van der Waals surface area contributed by atoms with Crippen LogP contribution < -0.4 is 10.6 Å². The van der Waals surface area contributed by atoms with E-state index < -0.39 is 11.7 Å². The monoisotopic (exact) mass is 338 g/mol. The van der Waals surface area contributed by atoms with Gasteiger partial charge in [-0.05, 0) is 42.0 Å². The minimum atomic E-state index is -4.39. The first-order valence-corrected chi connectivity index (χ1v) is 7.87. The van der Waals surface area contributed by atoms with Gasteiger partial charge >= 0.3 is 6.18 Å². The van der Waals surface area contributed by atoms with Crippen molar-refractivity contribution in [3.63, 3.8) is 0 Å². The summed E-state index contributed by atoms with van der Waals surface area (Å²) < 4.78 is 38.0. The molecule has 1 atom stereocenters. The van der Waals surface area contributed by atoms with Crippen LogP contribution in [0.5, 0.6) is 0 Å². The molecule has 0 bridgehead atoms. The van der Waals surface area contributed by atoms with Crippen molar-refractivity contribution in [1.82, 2.24) is 0 Å². The van der Waals surface area contributed by atoms with E-state index in [0.29, 0.717) is 11.4 Å². The second kappa shape index (κ2) is 5.81. The molecule has 0 aliphatic carbocycles. The molecule has 1 aliphatic rings. The van der Waals surface area contributed by atoms with Crippen LogP contribution in [0.15, 0.2) is 48.5 Å². The third kappa shape index (κ3) is 3.14. The lowest BCUT2D eigenvalue weighted by molar-refractivity contribution is -0.137. The largest absolute Gasteiger partial charge is 0.416 e. The van der Waals surface area contributed by atoms with Crippen LogP contribution in [0.4, 0.5) is 24.5 Å². The van der Waals surface area contributed by atoms with Crippen LogP contribution in [0.2, 0.25) is 0 Å². The molecule has 0 radical (unpaired) electrons. The summed E-state index contributed by atoms with van der Waals surface area (Å²) in [6.45, 7) is 0. The highest BCUT2D eigenvalue weighted by Gasteiger charge is 2.35. The van der Waals surface area contributed by atoms with Gasteiger partial charge in [0, 0.05) is 11.4 Å². The topological polar surface area (TPSA) is 46.3 Å². The van der Waals surface area contributed by atoms with Crippen molar-refractivity contribution >= 4 is 29.0 Å². The van der Waals surface area contributed by atoms with Crippen LogP contribution in [-0.4, -0.2) is 11.7 Å². The van der Waals surface area contributed by atoms with Gasteiger partial charge in [-0.2, -0.15) is 13.2 Å². The molecule has 0 unspecified atom stereocenters. The first kappa shape index (κ1) is 15.7. The zero-order valence-corrected chi connectivity index (χ0v) is 12.7. The van der Waals surface area contributed by atoms with Crippen molar-refractivity contribution in [1.29, 1.82) is 0 Å². The molecule has 3 nitrogen and oxygen atoms in total. The summed E-state index contributed by atoms with van der Waals surface area (Å²) in [5.41, 5.74) is 6.88.